The summed E-state index contributed by atoms with van der Waals surface area (Å²) in [5.41, 5.74) is 0. The van der Waals surface area contributed by atoms with Crippen molar-refractivity contribution in [2.24, 2.45) is 0 Å². The third kappa shape index (κ3) is 45.5. The number of hydrogen-bond donors (Lipinski definition) is 2. The average molecular weight is 873 g/mol. The van der Waals surface area contributed by atoms with E-state index in [4.69, 9.17) is 9.05 Å². The van der Waals surface area contributed by atoms with Crippen molar-refractivity contribution in [3.05, 3.63) is 0 Å². The number of phosphoric acid groups is 1. The summed E-state index contributed by atoms with van der Waals surface area (Å²) in [6.07, 6.45) is 49.7. The first kappa shape index (κ1) is 59.5. The van der Waals surface area contributed by atoms with E-state index < -0.39 is 20.0 Å². The van der Waals surface area contributed by atoms with Crippen molar-refractivity contribution in [1.29, 1.82) is 0 Å². The summed E-state index contributed by atoms with van der Waals surface area (Å²) in [5.74, 6) is -0.158. The number of quaternary nitrogens is 1. The van der Waals surface area contributed by atoms with E-state index in [0.29, 0.717) is 23.9 Å². The highest BCUT2D eigenvalue weighted by Gasteiger charge is 2.24. The van der Waals surface area contributed by atoms with Gasteiger partial charge in [-0.15, -0.1) is 0 Å². The van der Waals surface area contributed by atoms with Crippen molar-refractivity contribution in [1.82, 2.24) is 5.32 Å². The number of nitrogens with zero attached hydrogens (tertiary/aromatic N) is 1. The Morgan fingerprint density at radius 3 is 1.13 bits per heavy atom. The van der Waals surface area contributed by atoms with Gasteiger partial charge in [0.15, 0.2) is 0 Å². The molecule has 3 atom stereocenters. The van der Waals surface area contributed by atoms with E-state index in [1.54, 1.807) is 0 Å². The fourth-order valence-electron chi connectivity index (χ4n) is 8.16. The van der Waals surface area contributed by atoms with E-state index >= 15 is 0 Å². The fourth-order valence-corrected chi connectivity index (χ4v) is 8.88. The number of aliphatic hydroxyl groups excluding tert-OH is 1. The van der Waals surface area contributed by atoms with Crippen LogP contribution < -0.4 is 10.2 Å². The predicted molar refractivity (Wildman–Crippen MR) is 256 cm³/mol. The molecular weight excluding hydrogens is 768 g/mol. The van der Waals surface area contributed by atoms with E-state index in [9.17, 15) is 19.4 Å². The van der Waals surface area contributed by atoms with Gasteiger partial charge in [0.25, 0.3) is 7.82 Å². The van der Waals surface area contributed by atoms with Gasteiger partial charge in [0.2, 0.25) is 5.91 Å². The second-order valence-corrected chi connectivity index (χ2v) is 21.0. The first-order chi connectivity index (χ1) is 29.0. The smallest absolute Gasteiger partial charge is 0.268 e. The largest absolute Gasteiger partial charge is 0.756 e. The van der Waals surface area contributed by atoms with E-state index in [1.165, 1.54) is 205 Å². The lowest BCUT2D eigenvalue weighted by Gasteiger charge is -2.30. The molecule has 0 aliphatic heterocycles. The monoisotopic (exact) mass is 873 g/mol. The predicted octanol–water partition coefficient (Wildman–Crippen LogP) is 14.7. The number of aliphatic hydroxyl groups is 1. The van der Waals surface area contributed by atoms with Crippen molar-refractivity contribution in [2.45, 2.75) is 283 Å². The first-order valence-electron chi connectivity index (χ1n) is 26.4. The third-order valence-corrected chi connectivity index (χ3v) is 13.3. The molecule has 0 fully saturated rings. The molecule has 9 heteroatoms. The Morgan fingerprint density at radius 2 is 0.817 bits per heavy atom. The lowest BCUT2D eigenvalue weighted by Crippen LogP contribution is -2.46. The maximum atomic E-state index is 12.9. The number of unbranched alkanes of at least 4 members (excludes halogenated alkanes) is 36. The van der Waals surface area contributed by atoms with Gasteiger partial charge in [0, 0.05) is 6.42 Å². The molecule has 60 heavy (non-hydrogen) atoms. The molecule has 0 aliphatic carbocycles. The van der Waals surface area contributed by atoms with E-state index in [1.807, 2.05) is 21.1 Å². The molecule has 0 heterocycles. The molecular formula is C51H105N2O6P. The van der Waals surface area contributed by atoms with Crippen LogP contribution in [0.2, 0.25) is 0 Å². The minimum Gasteiger partial charge on any atom is -0.756 e. The number of nitrogens with one attached hydrogen (secondary N) is 1. The third-order valence-electron chi connectivity index (χ3n) is 12.3. The molecule has 360 valence electrons. The molecule has 8 nitrogen and oxygen atoms in total. The van der Waals surface area contributed by atoms with Crippen LogP contribution >= 0.6 is 7.82 Å². The fraction of sp³-hybridized carbons (Fsp3) is 0.980. The van der Waals surface area contributed by atoms with Crippen LogP contribution in [0, 0.1) is 0 Å². The van der Waals surface area contributed by atoms with Crippen LogP contribution in [0.25, 0.3) is 0 Å². The molecule has 0 radical (unpaired) electrons. The second-order valence-electron chi connectivity index (χ2n) is 19.6. The molecule has 0 bridgehead atoms. The summed E-state index contributed by atoms with van der Waals surface area (Å²) in [6.45, 7) is 4.76. The number of amides is 1. The molecule has 0 aromatic heterocycles. The van der Waals surface area contributed by atoms with Gasteiger partial charge in [0.1, 0.15) is 13.2 Å². The van der Waals surface area contributed by atoms with Crippen molar-refractivity contribution in [3.8, 4) is 0 Å². The van der Waals surface area contributed by atoms with Crippen molar-refractivity contribution in [2.75, 3.05) is 40.9 Å². The summed E-state index contributed by atoms with van der Waals surface area (Å²) in [6, 6.07) is -0.794. The highest BCUT2D eigenvalue weighted by atomic mass is 31.2. The van der Waals surface area contributed by atoms with Crippen LogP contribution in [0.4, 0.5) is 0 Å². The molecule has 0 aromatic carbocycles. The van der Waals surface area contributed by atoms with Gasteiger partial charge < -0.3 is 28.8 Å². The lowest BCUT2D eigenvalue weighted by molar-refractivity contribution is -0.870. The highest BCUT2D eigenvalue weighted by molar-refractivity contribution is 7.45. The Balaban J connectivity index is 4.15. The van der Waals surface area contributed by atoms with Crippen LogP contribution in [-0.2, 0) is 18.4 Å². The zero-order valence-electron chi connectivity index (χ0n) is 40.9. The van der Waals surface area contributed by atoms with Crippen molar-refractivity contribution < 1.29 is 32.9 Å². The molecule has 1 amide bonds. The summed E-state index contributed by atoms with van der Waals surface area (Å²) in [7, 11) is 1.32. The summed E-state index contributed by atoms with van der Waals surface area (Å²) in [4.78, 5) is 25.4. The molecule has 0 saturated carbocycles. The molecule has 0 rings (SSSR count). The van der Waals surface area contributed by atoms with Crippen LogP contribution in [0.15, 0.2) is 0 Å². The number of hydrogen-bond acceptors (Lipinski definition) is 6. The zero-order valence-corrected chi connectivity index (χ0v) is 41.8. The van der Waals surface area contributed by atoms with Gasteiger partial charge in [-0.3, -0.25) is 9.36 Å². The second kappa shape index (κ2) is 43.7. The maximum absolute atomic E-state index is 12.9. The number of carbonyl (C=O) groups is 1. The minimum absolute atomic E-state index is 0.0164. The van der Waals surface area contributed by atoms with Gasteiger partial charge >= 0.3 is 0 Å². The lowest BCUT2D eigenvalue weighted by atomic mass is 10.0. The van der Waals surface area contributed by atoms with Crippen molar-refractivity contribution >= 4 is 13.7 Å². The quantitative estimate of drug-likeness (QED) is 0.0358. The van der Waals surface area contributed by atoms with Crippen LogP contribution in [-0.4, -0.2) is 68.5 Å². The van der Waals surface area contributed by atoms with Crippen LogP contribution in [0.5, 0.6) is 0 Å². The minimum atomic E-state index is -4.56. The number of carbonyl (C=O) groups excluding carboxylic acids is 1. The van der Waals surface area contributed by atoms with Gasteiger partial charge in [-0.25, -0.2) is 0 Å². The van der Waals surface area contributed by atoms with E-state index in [2.05, 4.69) is 19.2 Å². The molecule has 1 unspecified atom stereocenters. The normalized spacial score (nSPS) is 14.1. The van der Waals surface area contributed by atoms with Gasteiger partial charge in [-0.1, -0.05) is 251 Å². The number of likely N-dealkylation sites (N-methyl/N-ethyl adjacent to an activating group) is 1. The Kier molecular flexibility index (Phi) is 43.4. The van der Waals surface area contributed by atoms with Crippen LogP contribution in [0.3, 0.4) is 0 Å². The van der Waals surface area contributed by atoms with E-state index in [-0.39, 0.29) is 19.1 Å². The Labute approximate surface area is 374 Å². The average Bonchev–Trinajstić information content (AvgIpc) is 3.20. The topological polar surface area (TPSA) is 108 Å². The van der Waals surface area contributed by atoms with Crippen molar-refractivity contribution in [3.63, 3.8) is 0 Å². The summed E-state index contributed by atoms with van der Waals surface area (Å²) in [5, 5.41) is 14.0. The SMILES string of the molecule is CCCCCCCCCCCCCCCCCCCCCCCCCC(=O)N[C@@H](COP(=O)([O-])OCC[N+](C)(C)C)[C@H](O)CCCCCCCCCCCCCCCCC. The molecule has 2 N–H and O–H groups in total. The number of rotatable bonds is 49. The summed E-state index contributed by atoms with van der Waals surface area (Å²) >= 11 is 0. The molecule has 0 saturated heterocycles. The number of phosphoric ester groups is 1. The summed E-state index contributed by atoms with van der Waals surface area (Å²) < 4.78 is 23.4. The standard InChI is InChI=1S/C51H105N2O6P/c1-6-8-10-12-14-16-18-20-22-23-24-25-26-27-28-29-31-33-35-37-39-41-43-45-51(55)52-49(48-59-60(56,57)58-47-46-53(3,4)5)50(54)44-42-40-38-36-34-32-30-21-19-17-15-13-11-9-7-2/h49-50,54H,6-48H2,1-5H3,(H-,52,55,56,57)/t49-,50+/m0/s1. The zero-order chi connectivity index (χ0) is 44.3. The Hall–Kier alpha value is -0.500. The van der Waals surface area contributed by atoms with Crippen LogP contribution in [0.1, 0.15) is 271 Å². The van der Waals surface area contributed by atoms with E-state index in [0.717, 1.165) is 38.5 Å². The van der Waals surface area contributed by atoms with Gasteiger partial charge in [0.05, 0.1) is 39.9 Å². The van der Waals surface area contributed by atoms with Gasteiger partial charge in [-0.2, -0.15) is 0 Å². The maximum Gasteiger partial charge on any atom is 0.268 e. The highest BCUT2D eigenvalue weighted by Crippen LogP contribution is 2.38. The molecule has 0 aromatic rings. The first-order valence-corrected chi connectivity index (χ1v) is 27.8. The van der Waals surface area contributed by atoms with Gasteiger partial charge in [-0.05, 0) is 12.8 Å². The Bertz CT molecular complexity index is 947. The molecule has 0 aliphatic rings. The Morgan fingerprint density at radius 1 is 0.517 bits per heavy atom. The molecule has 0 spiro atoms.